The number of rotatable bonds is 5. The summed E-state index contributed by atoms with van der Waals surface area (Å²) in [7, 11) is 0. The van der Waals surface area contributed by atoms with Crippen molar-refractivity contribution in [2.75, 3.05) is 5.32 Å². The van der Waals surface area contributed by atoms with Gasteiger partial charge in [0.2, 0.25) is 5.82 Å². The fourth-order valence-electron chi connectivity index (χ4n) is 3.81. The fraction of sp³-hybridized carbons (Fsp3) is 0.167. The highest BCUT2D eigenvalue weighted by atomic mass is 19.3. The summed E-state index contributed by atoms with van der Waals surface area (Å²) in [6, 6.07) is 11.0. The van der Waals surface area contributed by atoms with Gasteiger partial charge in [-0.1, -0.05) is 11.2 Å². The Kier molecular flexibility index (Phi) is 5.07. The van der Waals surface area contributed by atoms with E-state index >= 15 is 8.78 Å². The molecular weight excluding hydrogens is 445 g/mol. The third-order valence-corrected chi connectivity index (χ3v) is 5.46. The fourth-order valence-corrected chi connectivity index (χ4v) is 3.81. The highest BCUT2D eigenvalue weighted by Gasteiger charge is 2.38. The van der Waals surface area contributed by atoms with Gasteiger partial charge in [-0.05, 0) is 62.7 Å². The lowest BCUT2D eigenvalue weighted by Crippen LogP contribution is -2.20. The summed E-state index contributed by atoms with van der Waals surface area (Å²) in [4.78, 5) is 8.36. The molecule has 3 aromatic heterocycles. The van der Waals surface area contributed by atoms with Gasteiger partial charge in [0.1, 0.15) is 17.4 Å². The Morgan fingerprint density at radius 3 is 2.38 bits per heavy atom. The van der Waals surface area contributed by atoms with Crippen molar-refractivity contribution in [1.82, 2.24) is 25.3 Å². The van der Waals surface area contributed by atoms with E-state index in [4.69, 9.17) is 4.52 Å². The van der Waals surface area contributed by atoms with Gasteiger partial charge in [-0.25, -0.2) is 14.4 Å². The molecule has 0 fully saturated rings. The van der Waals surface area contributed by atoms with Crippen LogP contribution >= 0.6 is 0 Å². The molecule has 5 aromatic rings. The second-order valence-corrected chi connectivity index (χ2v) is 7.97. The predicted molar refractivity (Wildman–Crippen MR) is 121 cm³/mol. The molecule has 0 atom stereocenters. The van der Waals surface area contributed by atoms with Gasteiger partial charge in [0.15, 0.2) is 5.82 Å². The summed E-state index contributed by atoms with van der Waals surface area (Å²) < 4.78 is 49.5. The van der Waals surface area contributed by atoms with Crippen molar-refractivity contribution < 1.29 is 17.7 Å². The molecule has 3 heterocycles. The number of H-pyrrole nitrogens is 1. The first-order chi connectivity index (χ1) is 16.2. The van der Waals surface area contributed by atoms with Gasteiger partial charge in [-0.15, -0.1) is 0 Å². The smallest absolute Gasteiger partial charge is 0.331 e. The first kappa shape index (κ1) is 21.6. The maximum absolute atomic E-state index is 15.5. The molecule has 0 aliphatic carbocycles. The number of aromatic nitrogens is 5. The van der Waals surface area contributed by atoms with E-state index < -0.39 is 23.1 Å². The quantitative estimate of drug-likeness (QED) is 0.334. The van der Waals surface area contributed by atoms with Gasteiger partial charge in [-0.2, -0.15) is 13.9 Å². The molecule has 10 heteroatoms. The zero-order chi connectivity index (χ0) is 24.0. The number of anilines is 2. The topological polar surface area (TPSA) is 92.5 Å². The molecule has 5 rings (SSSR count). The zero-order valence-electron chi connectivity index (χ0n) is 18.4. The molecule has 2 N–H and O–H groups in total. The highest BCUT2D eigenvalue weighted by molar-refractivity contribution is 5.93. The first-order valence-corrected chi connectivity index (χ1v) is 10.4. The molecule has 0 radical (unpaired) electrons. The molecular formula is C24H19F3N6O. The van der Waals surface area contributed by atoms with Crippen LogP contribution < -0.4 is 5.32 Å². The van der Waals surface area contributed by atoms with Gasteiger partial charge in [0, 0.05) is 28.3 Å². The minimum Gasteiger partial charge on any atom is -0.361 e. The number of halogens is 3. The van der Waals surface area contributed by atoms with Crippen molar-refractivity contribution in [3.05, 3.63) is 82.9 Å². The number of aryl methyl sites for hydroxylation is 3. The molecule has 0 aliphatic rings. The van der Waals surface area contributed by atoms with E-state index in [0.29, 0.717) is 28.2 Å². The number of aromatic amines is 1. The van der Waals surface area contributed by atoms with Crippen LogP contribution in [0.3, 0.4) is 0 Å². The summed E-state index contributed by atoms with van der Waals surface area (Å²) in [5.74, 6) is -3.72. The largest absolute Gasteiger partial charge is 0.361 e. The van der Waals surface area contributed by atoms with E-state index in [9.17, 15) is 4.39 Å². The minimum absolute atomic E-state index is 0.165. The Balaban J connectivity index is 1.70. The van der Waals surface area contributed by atoms with Crippen LogP contribution in [0.25, 0.3) is 22.0 Å². The van der Waals surface area contributed by atoms with Gasteiger partial charge in [0.25, 0.3) is 0 Å². The lowest BCUT2D eigenvalue weighted by Gasteiger charge is -2.18. The third-order valence-electron chi connectivity index (χ3n) is 5.46. The molecule has 0 saturated heterocycles. The van der Waals surface area contributed by atoms with E-state index in [1.165, 1.54) is 0 Å². The van der Waals surface area contributed by atoms with E-state index in [-0.39, 0.29) is 5.82 Å². The van der Waals surface area contributed by atoms with Crippen LogP contribution in [-0.2, 0) is 5.92 Å². The maximum atomic E-state index is 15.5. The maximum Gasteiger partial charge on any atom is 0.331 e. The SMILES string of the molecule is Cc1cc(Nc2nc(C(F)(F)c3ccc(F)cc3)nc3cc(-c4c(C)noc4C)ccc23)n[nH]1. The summed E-state index contributed by atoms with van der Waals surface area (Å²) in [5, 5.41) is 14.4. The molecule has 0 spiro atoms. The zero-order valence-corrected chi connectivity index (χ0v) is 18.4. The summed E-state index contributed by atoms with van der Waals surface area (Å²) in [5.41, 5.74) is 2.83. The molecule has 34 heavy (non-hydrogen) atoms. The second-order valence-electron chi connectivity index (χ2n) is 7.97. The minimum atomic E-state index is -3.57. The van der Waals surface area contributed by atoms with Crippen LogP contribution in [0.1, 0.15) is 28.5 Å². The third kappa shape index (κ3) is 3.76. The van der Waals surface area contributed by atoms with Crippen molar-refractivity contribution >= 4 is 22.5 Å². The monoisotopic (exact) mass is 464 g/mol. The van der Waals surface area contributed by atoms with E-state index in [2.05, 4.69) is 30.6 Å². The van der Waals surface area contributed by atoms with E-state index in [1.54, 1.807) is 32.0 Å². The van der Waals surface area contributed by atoms with Gasteiger partial charge >= 0.3 is 5.92 Å². The van der Waals surface area contributed by atoms with Crippen LogP contribution in [-0.4, -0.2) is 25.3 Å². The molecule has 0 saturated carbocycles. The van der Waals surface area contributed by atoms with Crippen LogP contribution in [0.4, 0.5) is 24.8 Å². The first-order valence-electron chi connectivity index (χ1n) is 10.4. The lowest BCUT2D eigenvalue weighted by molar-refractivity contribution is 0.0333. The molecule has 7 nitrogen and oxygen atoms in total. The van der Waals surface area contributed by atoms with Crippen molar-refractivity contribution in [3.8, 4) is 11.1 Å². The molecule has 172 valence electrons. The van der Waals surface area contributed by atoms with Crippen LogP contribution in [0, 0.1) is 26.6 Å². The second kappa shape index (κ2) is 7.98. The Morgan fingerprint density at radius 1 is 0.971 bits per heavy atom. The number of alkyl halides is 2. The van der Waals surface area contributed by atoms with Crippen molar-refractivity contribution in [1.29, 1.82) is 0 Å². The Hall–Kier alpha value is -4.21. The number of nitrogens with one attached hydrogen (secondary N) is 2. The number of hydrogen-bond acceptors (Lipinski definition) is 6. The number of benzene rings is 2. The summed E-state index contributed by atoms with van der Waals surface area (Å²) >= 11 is 0. The normalized spacial score (nSPS) is 11.8. The molecule has 0 aliphatic heterocycles. The highest BCUT2D eigenvalue weighted by Crippen LogP contribution is 2.37. The summed E-state index contributed by atoms with van der Waals surface area (Å²) in [6.07, 6.45) is 0. The van der Waals surface area contributed by atoms with Gasteiger partial charge < -0.3 is 9.84 Å². The van der Waals surface area contributed by atoms with Crippen molar-refractivity contribution in [2.45, 2.75) is 26.7 Å². The summed E-state index contributed by atoms with van der Waals surface area (Å²) in [6.45, 7) is 5.40. The predicted octanol–water partition coefficient (Wildman–Crippen LogP) is 5.96. The van der Waals surface area contributed by atoms with Crippen LogP contribution in [0.5, 0.6) is 0 Å². The molecule has 0 amide bonds. The molecule has 2 aromatic carbocycles. The van der Waals surface area contributed by atoms with Gasteiger partial charge in [-0.3, -0.25) is 5.10 Å². The van der Waals surface area contributed by atoms with Crippen LogP contribution in [0.15, 0.2) is 53.1 Å². The average Bonchev–Trinajstić information content (AvgIpc) is 3.37. The average molecular weight is 464 g/mol. The van der Waals surface area contributed by atoms with Gasteiger partial charge in [0.05, 0.1) is 11.2 Å². The standard InChI is InChI=1S/C24H19F3N6O/c1-12-10-20(32-31-12)29-22-18-9-4-15(21-13(2)33-34-14(21)3)11-19(18)28-23(30-22)24(26,27)16-5-7-17(25)8-6-16/h4-11H,1-3H3,(H2,28,29,30,31,32). The molecule has 0 unspecified atom stereocenters. The van der Waals surface area contributed by atoms with E-state index in [0.717, 1.165) is 41.1 Å². The lowest BCUT2D eigenvalue weighted by atomic mass is 10.0. The number of nitrogens with zero attached hydrogens (tertiary/aromatic N) is 4. The Bertz CT molecular complexity index is 1490. The Morgan fingerprint density at radius 2 is 1.74 bits per heavy atom. The number of fused-ring (bicyclic) bond motifs is 1. The van der Waals surface area contributed by atoms with E-state index in [1.807, 2.05) is 13.0 Å². The molecule has 0 bridgehead atoms. The van der Waals surface area contributed by atoms with Crippen molar-refractivity contribution in [3.63, 3.8) is 0 Å². The Labute approximate surface area is 192 Å². The van der Waals surface area contributed by atoms with Crippen molar-refractivity contribution in [2.24, 2.45) is 0 Å². The number of hydrogen-bond donors (Lipinski definition) is 2. The van der Waals surface area contributed by atoms with Crippen LogP contribution in [0.2, 0.25) is 0 Å².